The van der Waals surface area contributed by atoms with Crippen molar-refractivity contribution in [3.05, 3.63) is 59.7 Å². The third-order valence-corrected chi connectivity index (χ3v) is 5.74. The molecule has 0 fully saturated rings. The van der Waals surface area contributed by atoms with Gasteiger partial charge in [0, 0.05) is 18.8 Å². The second-order valence-electron chi connectivity index (χ2n) is 6.73. The first-order valence-electron chi connectivity index (χ1n) is 9.61. The van der Waals surface area contributed by atoms with Gasteiger partial charge in [0.25, 0.3) is 16.0 Å². The summed E-state index contributed by atoms with van der Waals surface area (Å²) in [6.45, 7) is 5.61. The van der Waals surface area contributed by atoms with E-state index in [9.17, 15) is 13.2 Å². The number of benzene rings is 2. The topological polar surface area (TPSA) is 120 Å². The monoisotopic (exact) mass is 445 g/mol. The standard InChI is InChI=1S/C21H23N3O6S/c1-3-23(4-2)16-7-5-15(6-8-16)13-19-20(14-30-26)22-24(21(19)25)17-9-11-18(12-10-17)31(27,28)29/h5-13,26H,3-4,14H2,1-2H3,(H,27,28,29)/b19-13-. The maximum Gasteiger partial charge on any atom is 0.294 e. The predicted octanol–water partition coefficient (Wildman–Crippen LogP) is 3.06. The SMILES string of the molecule is CCN(CC)c1ccc(/C=C2\C(=O)N(c3ccc(S(=O)(=O)O)cc3)N=C2COO)cc1. The van der Waals surface area contributed by atoms with Crippen LogP contribution in [0.4, 0.5) is 11.4 Å². The number of hydrazone groups is 1. The number of hydrogen-bond donors (Lipinski definition) is 2. The second kappa shape index (κ2) is 9.40. The highest BCUT2D eigenvalue weighted by atomic mass is 32.2. The minimum absolute atomic E-state index is 0.221. The van der Waals surface area contributed by atoms with Gasteiger partial charge in [-0.3, -0.25) is 14.6 Å². The molecule has 0 unspecified atom stereocenters. The number of carbonyl (C=O) groups is 1. The van der Waals surface area contributed by atoms with E-state index < -0.39 is 16.0 Å². The average Bonchev–Trinajstić information content (AvgIpc) is 3.05. The Hall–Kier alpha value is -3.05. The van der Waals surface area contributed by atoms with Crippen molar-refractivity contribution >= 4 is 39.2 Å². The van der Waals surface area contributed by atoms with E-state index in [1.165, 1.54) is 24.3 Å². The molecule has 0 bridgehead atoms. The summed E-state index contributed by atoms with van der Waals surface area (Å²) < 4.78 is 31.5. The maximum atomic E-state index is 13.0. The summed E-state index contributed by atoms with van der Waals surface area (Å²) in [4.78, 5) is 19.1. The molecule has 1 heterocycles. The summed E-state index contributed by atoms with van der Waals surface area (Å²) in [6.07, 6.45) is 1.65. The van der Waals surface area contributed by atoms with Crippen LogP contribution < -0.4 is 9.91 Å². The molecule has 0 saturated carbocycles. The largest absolute Gasteiger partial charge is 0.372 e. The third-order valence-electron chi connectivity index (χ3n) is 4.87. The zero-order valence-corrected chi connectivity index (χ0v) is 17.9. The summed E-state index contributed by atoms with van der Waals surface area (Å²) in [7, 11) is -4.35. The summed E-state index contributed by atoms with van der Waals surface area (Å²) in [5.41, 5.74) is 2.60. The van der Waals surface area contributed by atoms with Gasteiger partial charge in [-0.25, -0.2) is 4.89 Å². The lowest BCUT2D eigenvalue weighted by Gasteiger charge is -2.20. The van der Waals surface area contributed by atoms with Crippen molar-refractivity contribution in [3.63, 3.8) is 0 Å². The quantitative estimate of drug-likeness (QED) is 0.277. The third kappa shape index (κ3) is 5.00. The van der Waals surface area contributed by atoms with Crippen LogP contribution in [-0.4, -0.2) is 49.5 Å². The Morgan fingerprint density at radius 2 is 1.68 bits per heavy atom. The molecule has 31 heavy (non-hydrogen) atoms. The van der Waals surface area contributed by atoms with Crippen LogP contribution >= 0.6 is 0 Å². The number of carbonyl (C=O) groups excluding carboxylic acids is 1. The summed E-state index contributed by atoms with van der Waals surface area (Å²) >= 11 is 0. The van der Waals surface area contributed by atoms with Gasteiger partial charge in [-0.2, -0.15) is 18.5 Å². The molecular weight excluding hydrogens is 422 g/mol. The molecule has 1 aliphatic rings. The zero-order chi connectivity index (χ0) is 22.6. The Kier molecular flexibility index (Phi) is 6.86. The number of hydrogen-bond acceptors (Lipinski definition) is 7. The van der Waals surface area contributed by atoms with Crippen LogP contribution in [0, 0.1) is 0 Å². The van der Waals surface area contributed by atoms with Gasteiger partial charge in [0.1, 0.15) is 12.3 Å². The molecular formula is C21H23N3O6S. The lowest BCUT2D eigenvalue weighted by molar-refractivity contribution is -0.227. The van der Waals surface area contributed by atoms with Gasteiger partial charge in [0.15, 0.2) is 0 Å². The van der Waals surface area contributed by atoms with Crippen LogP contribution in [-0.2, 0) is 19.8 Å². The Balaban J connectivity index is 1.91. The maximum absolute atomic E-state index is 13.0. The fourth-order valence-corrected chi connectivity index (χ4v) is 3.72. The van der Waals surface area contributed by atoms with E-state index in [4.69, 9.17) is 9.81 Å². The minimum Gasteiger partial charge on any atom is -0.372 e. The van der Waals surface area contributed by atoms with Crippen LogP contribution in [0.2, 0.25) is 0 Å². The Morgan fingerprint density at radius 1 is 1.06 bits per heavy atom. The smallest absolute Gasteiger partial charge is 0.294 e. The number of anilines is 2. The van der Waals surface area contributed by atoms with Crippen molar-refractivity contribution in [2.24, 2.45) is 5.10 Å². The van der Waals surface area contributed by atoms with Crippen LogP contribution in [0.5, 0.6) is 0 Å². The van der Waals surface area contributed by atoms with E-state index >= 15 is 0 Å². The van der Waals surface area contributed by atoms with E-state index in [1.54, 1.807) is 6.08 Å². The molecule has 0 aromatic heterocycles. The van der Waals surface area contributed by atoms with Crippen molar-refractivity contribution in [2.45, 2.75) is 18.7 Å². The highest BCUT2D eigenvalue weighted by Gasteiger charge is 2.31. The molecule has 2 N–H and O–H groups in total. The van der Waals surface area contributed by atoms with E-state index in [0.29, 0.717) is 5.69 Å². The van der Waals surface area contributed by atoms with Gasteiger partial charge in [0.05, 0.1) is 16.2 Å². The molecule has 0 saturated heterocycles. The van der Waals surface area contributed by atoms with Crippen molar-refractivity contribution < 1.29 is 27.9 Å². The normalized spacial score (nSPS) is 15.5. The van der Waals surface area contributed by atoms with E-state index in [0.717, 1.165) is 29.3 Å². The Morgan fingerprint density at radius 3 is 2.19 bits per heavy atom. The van der Waals surface area contributed by atoms with Crippen LogP contribution in [0.3, 0.4) is 0 Å². The molecule has 3 rings (SSSR count). The highest BCUT2D eigenvalue weighted by molar-refractivity contribution is 7.85. The molecule has 10 heteroatoms. The van der Waals surface area contributed by atoms with Crippen LogP contribution in [0.15, 0.2) is 64.1 Å². The summed E-state index contributed by atoms with van der Waals surface area (Å²) in [5.74, 6) is -0.459. The molecule has 0 atom stereocenters. The van der Waals surface area contributed by atoms with E-state index in [-0.39, 0.29) is 22.8 Å². The lowest BCUT2D eigenvalue weighted by atomic mass is 10.1. The lowest BCUT2D eigenvalue weighted by Crippen LogP contribution is -2.22. The fourth-order valence-electron chi connectivity index (χ4n) is 3.24. The van der Waals surface area contributed by atoms with Crippen LogP contribution in [0.25, 0.3) is 6.08 Å². The second-order valence-corrected chi connectivity index (χ2v) is 8.15. The van der Waals surface area contributed by atoms with Gasteiger partial charge < -0.3 is 4.90 Å². The van der Waals surface area contributed by atoms with Gasteiger partial charge in [0.2, 0.25) is 0 Å². The van der Waals surface area contributed by atoms with E-state index in [1.807, 2.05) is 24.3 Å². The van der Waals surface area contributed by atoms with Gasteiger partial charge >= 0.3 is 0 Å². The number of rotatable bonds is 8. The van der Waals surface area contributed by atoms with Crippen molar-refractivity contribution in [3.8, 4) is 0 Å². The molecule has 9 nitrogen and oxygen atoms in total. The summed E-state index contributed by atoms with van der Waals surface area (Å²) in [6, 6.07) is 12.7. The molecule has 2 aromatic carbocycles. The molecule has 0 radical (unpaired) electrons. The van der Waals surface area contributed by atoms with Crippen LogP contribution in [0.1, 0.15) is 19.4 Å². The molecule has 2 aromatic rings. The van der Waals surface area contributed by atoms with Gasteiger partial charge in [-0.05, 0) is 61.9 Å². The average molecular weight is 445 g/mol. The first-order chi connectivity index (χ1) is 14.8. The van der Waals surface area contributed by atoms with Gasteiger partial charge in [-0.1, -0.05) is 12.1 Å². The molecule has 0 aliphatic carbocycles. The molecule has 0 spiro atoms. The minimum atomic E-state index is -4.35. The number of amides is 1. The fraction of sp³-hybridized carbons (Fsp3) is 0.238. The Labute approximate surface area is 180 Å². The van der Waals surface area contributed by atoms with Gasteiger partial charge in [-0.15, -0.1) is 0 Å². The predicted molar refractivity (Wildman–Crippen MR) is 118 cm³/mol. The number of nitrogens with zero attached hydrogens (tertiary/aromatic N) is 3. The van der Waals surface area contributed by atoms with E-state index in [2.05, 4.69) is 28.7 Å². The highest BCUT2D eigenvalue weighted by Crippen LogP contribution is 2.27. The first-order valence-corrected chi connectivity index (χ1v) is 11.1. The van der Waals surface area contributed by atoms with Crippen molar-refractivity contribution in [1.82, 2.24) is 0 Å². The molecule has 164 valence electrons. The molecule has 1 amide bonds. The molecule has 1 aliphatic heterocycles. The van der Waals surface area contributed by atoms with Crippen molar-refractivity contribution in [2.75, 3.05) is 29.6 Å². The zero-order valence-electron chi connectivity index (χ0n) is 17.1. The first kappa shape index (κ1) is 22.6. The Bertz CT molecular complexity index is 1100. The summed E-state index contributed by atoms with van der Waals surface area (Å²) in [5, 5.41) is 14.2. The van der Waals surface area contributed by atoms with Crippen molar-refractivity contribution in [1.29, 1.82) is 0 Å².